The molecule has 0 fully saturated rings. The Kier molecular flexibility index (Phi) is 4.20. The van der Waals surface area contributed by atoms with Gasteiger partial charge in [-0.05, 0) is 36.6 Å². The third-order valence-electron chi connectivity index (χ3n) is 3.80. The molecule has 0 saturated heterocycles. The number of ether oxygens (including phenoxy) is 1. The Bertz CT molecular complexity index is 610. The van der Waals surface area contributed by atoms with Crippen molar-refractivity contribution in [2.75, 3.05) is 24.6 Å². The van der Waals surface area contributed by atoms with Gasteiger partial charge in [0.25, 0.3) is 0 Å². The monoisotopic (exact) mass is 281 g/mol. The van der Waals surface area contributed by atoms with Gasteiger partial charge in [0, 0.05) is 18.7 Å². The highest BCUT2D eigenvalue weighted by Gasteiger charge is 2.16. The lowest BCUT2D eigenvalue weighted by Crippen LogP contribution is -2.26. The van der Waals surface area contributed by atoms with Gasteiger partial charge in [-0.2, -0.15) is 0 Å². The lowest BCUT2D eigenvalue weighted by molar-refractivity contribution is 0.112. The molecule has 0 atom stereocenters. The van der Waals surface area contributed by atoms with Crippen LogP contribution in [0.3, 0.4) is 0 Å². The van der Waals surface area contributed by atoms with Gasteiger partial charge in [-0.15, -0.1) is 0 Å². The number of hydrogen-bond donors (Lipinski definition) is 0. The summed E-state index contributed by atoms with van der Waals surface area (Å²) in [5, 5.41) is 0. The fraction of sp³-hybridized carbons (Fsp3) is 0.278. The fourth-order valence-electron chi connectivity index (χ4n) is 2.68. The van der Waals surface area contributed by atoms with Crippen LogP contribution in [0.15, 0.2) is 48.5 Å². The first kappa shape index (κ1) is 13.7. The molecule has 1 aliphatic rings. The highest BCUT2D eigenvalue weighted by Crippen LogP contribution is 2.31. The second-order valence-electron chi connectivity index (χ2n) is 5.27. The minimum Gasteiger partial charge on any atom is -0.491 e. The van der Waals surface area contributed by atoms with E-state index in [0.29, 0.717) is 5.56 Å². The second kappa shape index (κ2) is 6.44. The summed E-state index contributed by atoms with van der Waals surface area (Å²) in [5.41, 5.74) is 3.06. The first-order chi connectivity index (χ1) is 10.4. The van der Waals surface area contributed by atoms with Crippen molar-refractivity contribution in [3.05, 3.63) is 59.7 Å². The summed E-state index contributed by atoms with van der Waals surface area (Å²) in [5.74, 6) is 0.881. The molecule has 3 nitrogen and oxygen atoms in total. The number of nitrogens with zero attached hydrogens (tertiary/aromatic N) is 1. The van der Waals surface area contributed by atoms with E-state index in [4.69, 9.17) is 4.74 Å². The van der Waals surface area contributed by atoms with Gasteiger partial charge in [-0.3, -0.25) is 4.79 Å². The van der Waals surface area contributed by atoms with Crippen LogP contribution in [0.1, 0.15) is 22.3 Å². The molecule has 2 aromatic rings. The molecular formula is C18H19NO2. The Labute approximate surface area is 125 Å². The third-order valence-corrected chi connectivity index (χ3v) is 3.80. The van der Waals surface area contributed by atoms with Gasteiger partial charge in [-0.1, -0.05) is 30.3 Å². The Hall–Kier alpha value is -2.29. The molecule has 2 aromatic carbocycles. The molecule has 0 N–H and O–H groups in total. The van der Waals surface area contributed by atoms with Crippen molar-refractivity contribution in [2.45, 2.75) is 12.8 Å². The van der Waals surface area contributed by atoms with Crippen LogP contribution in [0.4, 0.5) is 5.69 Å². The van der Waals surface area contributed by atoms with Gasteiger partial charge in [-0.25, -0.2) is 0 Å². The van der Waals surface area contributed by atoms with Crippen LogP contribution < -0.4 is 9.64 Å². The summed E-state index contributed by atoms with van der Waals surface area (Å²) >= 11 is 0. The molecule has 3 heteroatoms. The molecule has 1 aliphatic heterocycles. The normalized spacial score (nSPS) is 14.0. The van der Waals surface area contributed by atoms with Crippen molar-refractivity contribution in [1.82, 2.24) is 0 Å². The molecule has 0 spiro atoms. The van der Waals surface area contributed by atoms with Crippen molar-refractivity contribution in [3.63, 3.8) is 0 Å². The number of anilines is 1. The molecule has 108 valence electrons. The first-order valence-electron chi connectivity index (χ1n) is 7.38. The van der Waals surface area contributed by atoms with Crippen molar-refractivity contribution < 1.29 is 9.53 Å². The maximum Gasteiger partial charge on any atom is 0.150 e. The van der Waals surface area contributed by atoms with Gasteiger partial charge in [0.2, 0.25) is 0 Å². The van der Waals surface area contributed by atoms with Gasteiger partial charge >= 0.3 is 0 Å². The van der Waals surface area contributed by atoms with Crippen molar-refractivity contribution in [1.29, 1.82) is 0 Å². The molecule has 0 amide bonds. The Morgan fingerprint density at radius 3 is 2.81 bits per heavy atom. The van der Waals surface area contributed by atoms with E-state index in [1.807, 2.05) is 24.3 Å². The van der Waals surface area contributed by atoms with Gasteiger partial charge in [0.1, 0.15) is 12.0 Å². The summed E-state index contributed by atoms with van der Waals surface area (Å²) in [6.45, 7) is 2.63. The van der Waals surface area contributed by atoms with E-state index in [2.05, 4.69) is 29.2 Å². The number of hydrogen-bond acceptors (Lipinski definition) is 3. The zero-order chi connectivity index (χ0) is 14.5. The molecule has 3 rings (SSSR count). The molecule has 0 radical (unpaired) electrons. The number of aldehydes is 1. The van der Waals surface area contributed by atoms with E-state index >= 15 is 0 Å². The minimum absolute atomic E-state index is 0.698. The van der Waals surface area contributed by atoms with Crippen LogP contribution in [0.2, 0.25) is 0 Å². The number of benzene rings is 2. The largest absolute Gasteiger partial charge is 0.491 e. The molecule has 0 bridgehead atoms. The molecule has 0 unspecified atom stereocenters. The van der Waals surface area contributed by atoms with Gasteiger partial charge in [0.05, 0.1) is 12.3 Å². The third kappa shape index (κ3) is 3.24. The predicted molar refractivity (Wildman–Crippen MR) is 84.3 cm³/mol. The lowest BCUT2D eigenvalue weighted by Gasteiger charge is -2.24. The topological polar surface area (TPSA) is 29.5 Å². The second-order valence-corrected chi connectivity index (χ2v) is 5.27. The summed E-state index contributed by atoms with van der Waals surface area (Å²) in [6, 6.07) is 16.1. The average Bonchev–Trinajstić information content (AvgIpc) is 2.75. The molecule has 1 heterocycles. The van der Waals surface area contributed by atoms with Crippen molar-refractivity contribution in [3.8, 4) is 5.75 Å². The Morgan fingerprint density at radius 2 is 2.00 bits per heavy atom. The summed E-state index contributed by atoms with van der Waals surface area (Å²) in [7, 11) is 0. The van der Waals surface area contributed by atoms with E-state index in [1.54, 1.807) is 0 Å². The fourth-order valence-corrected chi connectivity index (χ4v) is 2.68. The predicted octanol–water partition coefficient (Wildman–Crippen LogP) is 3.33. The zero-order valence-corrected chi connectivity index (χ0v) is 12.0. The van der Waals surface area contributed by atoms with E-state index in [-0.39, 0.29) is 0 Å². The SMILES string of the molecule is O=Cc1ccc2c(c1)N(CCc1ccccc1)CCCO2. The van der Waals surface area contributed by atoms with Crippen LogP contribution in [0.5, 0.6) is 5.75 Å². The highest BCUT2D eigenvalue weighted by molar-refractivity contribution is 5.79. The number of carbonyl (C=O) groups excluding carboxylic acids is 1. The van der Waals surface area contributed by atoms with E-state index < -0.39 is 0 Å². The lowest BCUT2D eigenvalue weighted by atomic mass is 10.1. The van der Waals surface area contributed by atoms with E-state index in [0.717, 1.165) is 50.3 Å². The number of rotatable bonds is 4. The van der Waals surface area contributed by atoms with E-state index in [9.17, 15) is 4.79 Å². The molecule has 0 aliphatic carbocycles. The maximum atomic E-state index is 11.0. The van der Waals surface area contributed by atoms with Crippen LogP contribution in [-0.4, -0.2) is 26.0 Å². The molecular weight excluding hydrogens is 262 g/mol. The summed E-state index contributed by atoms with van der Waals surface area (Å²) in [4.78, 5) is 13.3. The number of fused-ring (bicyclic) bond motifs is 1. The standard InChI is InChI=1S/C18H19NO2/c20-14-16-7-8-18-17(13-16)19(10-4-12-21-18)11-9-15-5-2-1-3-6-15/h1-3,5-8,13-14H,4,9-12H2. The molecule has 0 saturated carbocycles. The number of carbonyl (C=O) groups is 1. The zero-order valence-electron chi connectivity index (χ0n) is 12.0. The molecule has 21 heavy (non-hydrogen) atoms. The highest BCUT2D eigenvalue weighted by atomic mass is 16.5. The summed E-state index contributed by atoms with van der Waals surface area (Å²) < 4.78 is 5.77. The Balaban J connectivity index is 1.80. The van der Waals surface area contributed by atoms with Crippen molar-refractivity contribution >= 4 is 12.0 Å². The van der Waals surface area contributed by atoms with Crippen LogP contribution >= 0.6 is 0 Å². The minimum atomic E-state index is 0.698. The average molecular weight is 281 g/mol. The van der Waals surface area contributed by atoms with Gasteiger partial charge in [0.15, 0.2) is 0 Å². The smallest absolute Gasteiger partial charge is 0.150 e. The van der Waals surface area contributed by atoms with E-state index in [1.165, 1.54) is 5.56 Å². The quantitative estimate of drug-likeness (QED) is 0.805. The van der Waals surface area contributed by atoms with Crippen LogP contribution in [0, 0.1) is 0 Å². The maximum absolute atomic E-state index is 11.0. The van der Waals surface area contributed by atoms with Crippen LogP contribution in [0.25, 0.3) is 0 Å². The van der Waals surface area contributed by atoms with Crippen LogP contribution in [-0.2, 0) is 6.42 Å². The molecule has 0 aromatic heterocycles. The first-order valence-corrected chi connectivity index (χ1v) is 7.38. The summed E-state index contributed by atoms with van der Waals surface area (Å²) in [6.07, 6.45) is 2.88. The Morgan fingerprint density at radius 1 is 1.14 bits per heavy atom. The van der Waals surface area contributed by atoms with Gasteiger partial charge < -0.3 is 9.64 Å². The van der Waals surface area contributed by atoms with Crippen molar-refractivity contribution in [2.24, 2.45) is 0 Å².